The molecule has 2 aliphatic rings. The Morgan fingerprint density at radius 2 is 2.00 bits per heavy atom. The van der Waals surface area contributed by atoms with Crippen LogP contribution in [0.25, 0.3) is 0 Å². The van der Waals surface area contributed by atoms with Gasteiger partial charge in [-0.05, 0) is 50.4 Å². The highest BCUT2D eigenvalue weighted by Gasteiger charge is 2.36. The number of benzene rings is 1. The van der Waals surface area contributed by atoms with Gasteiger partial charge < -0.3 is 10.2 Å². The third kappa shape index (κ3) is 2.62. The summed E-state index contributed by atoms with van der Waals surface area (Å²) in [4.78, 5) is 2.25. The Labute approximate surface area is 115 Å². The minimum Gasteiger partial charge on any atom is -0.367 e. The van der Waals surface area contributed by atoms with Crippen LogP contribution in [0.5, 0.6) is 0 Å². The molecule has 104 valence electrons. The molecule has 1 heterocycles. The number of rotatable bonds is 1. The van der Waals surface area contributed by atoms with Crippen molar-refractivity contribution in [3.63, 3.8) is 0 Å². The Kier molecular flexibility index (Phi) is 3.48. The van der Waals surface area contributed by atoms with Gasteiger partial charge in [0, 0.05) is 18.6 Å². The Hall–Kier alpha value is -1.09. The number of hydrogen-bond acceptors (Lipinski definition) is 2. The first-order valence-corrected chi connectivity index (χ1v) is 7.45. The second-order valence-electron chi connectivity index (χ2n) is 6.14. The summed E-state index contributed by atoms with van der Waals surface area (Å²) in [6.45, 7) is 4.90. The van der Waals surface area contributed by atoms with E-state index in [1.165, 1.54) is 25.7 Å². The van der Waals surface area contributed by atoms with Crippen molar-refractivity contribution in [2.75, 3.05) is 24.5 Å². The maximum atomic E-state index is 14.2. The summed E-state index contributed by atoms with van der Waals surface area (Å²) < 4.78 is 14.2. The Balaban J connectivity index is 1.86. The van der Waals surface area contributed by atoms with Crippen LogP contribution in [0.2, 0.25) is 0 Å². The quantitative estimate of drug-likeness (QED) is 0.836. The fourth-order valence-corrected chi connectivity index (χ4v) is 3.58. The van der Waals surface area contributed by atoms with E-state index in [-0.39, 0.29) is 11.4 Å². The molecule has 2 nitrogen and oxygen atoms in total. The van der Waals surface area contributed by atoms with Gasteiger partial charge in [-0.3, -0.25) is 0 Å². The molecule has 1 aromatic rings. The van der Waals surface area contributed by atoms with Crippen LogP contribution in [0.3, 0.4) is 0 Å². The van der Waals surface area contributed by atoms with Gasteiger partial charge in [0.05, 0.1) is 5.69 Å². The van der Waals surface area contributed by atoms with Crippen LogP contribution in [-0.2, 0) is 0 Å². The highest BCUT2D eigenvalue weighted by Crippen LogP contribution is 2.33. The number of anilines is 1. The SMILES string of the molecule is Cc1ccc(N2CCCNC3(CCCC3)C2)c(F)c1. The van der Waals surface area contributed by atoms with E-state index >= 15 is 0 Å². The van der Waals surface area contributed by atoms with E-state index in [9.17, 15) is 4.39 Å². The fourth-order valence-electron chi connectivity index (χ4n) is 3.58. The minimum absolute atomic E-state index is 0.0740. The minimum atomic E-state index is -0.0740. The molecule has 0 bridgehead atoms. The maximum absolute atomic E-state index is 14.2. The molecule has 0 atom stereocenters. The number of hydrogen-bond donors (Lipinski definition) is 1. The molecular formula is C16H23FN2. The molecule has 0 radical (unpaired) electrons. The van der Waals surface area contributed by atoms with Crippen LogP contribution >= 0.6 is 0 Å². The van der Waals surface area contributed by atoms with Crippen molar-refractivity contribution in [1.82, 2.24) is 5.32 Å². The van der Waals surface area contributed by atoms with Crippen molar-refractivity contribution in [2.45, 2.75) is 44.6 Å². The first-order chi connectivity index (χ1) is 9.19. The standard InChI is InChI=1S/C16H23FN2/c1-13-5-6-15(14(17)11-13)19-10-4-9-18-16(12-19)7-2-3-8-16/h5-6,11,18H,2-4,7-10,12H2,1H3. The summed E-state index contributed by atoms with van der Waals surface area (Å²) in [6.07, 6.45) is 6.16. The van der Waals surface area contributed by atoms with Gasteiger partial charge in [0.25, 0.3) is 0 Å². The molecule has 1 saturated heterocycles. The lowest BCUT2D eigenvalue weighted by Crippen LogP contribution is -2.49. The van der Waals surface area contributed by atoms with Crippen molar-refractivity contribution in [2.24, 2.45) is 0 Å². The summed E-state index contributed by atoms with van der Waals surface area (Å²) in [5, 5.41) is 3.72. The molecule has 1 aromatic carbocycles. The van der Waals surface area contributed by atoms with Crippen LogP contribution in [0, 0.1) is 12.7 Å². The van der Waals surface area contributed by atoms with E-state index < -0.39 is 0 Å². The number of halogens is 1. The molecule has 1 spiro atoms. The predicted molar refractivity (Wildman–Crippen MR) is 77.2 cm³/mol. The summed E-state index contributed by atoms with van der Waals surface area (Å²) in [5.41, 5.74) is 2.00. The molecule has 3 rings (SSSR count). The summed E-state index contributed by atoms with van der Waals surface area (Å²) in [5.74, 6) is -0.0740. The van der Waals surface area contributed by atoms with Gasteiger partial charge in [-0.2, -0.15) is 0 Å². The average Bonchev–Trinajstić information content (AvgIpc) is 2.71. The van der Waals surface area contributed by atoms with Crippen molar-refractivity contribution >= 4 is 5.69 Å². The van der Waals surface area contributed by atoms with E-state index in [1.807, 2.05) is 19.1 Å². The number of nitrogens with zero attached hydrogens (tertiary/aromatic N) is 1. The Morgan fingerprint density at radius 1 is 1.21 bits per heavy atom. The molecule has 1 aliphatic heterocycles. The second-order valence-corrected chi connectivity index (χ2v) is 6.14. The van der Waals surface area contributed by atoms with Gasteiger partial charge in [-0.1, -0.05) is 18.9 Å². The van der Waals surface area contributed by atoms with Gasteiger partial charge >= 0.3 is 0 Å². The summed E-state index contributed by atoms with van der Waals surface area (Å²) in [6, 6.07) is 5.60. The Bertz CT molecular complexity index is 452. The Morgan fingerprint density at radius 3 is 2.74 bits per heavy atom. The van der Waals surface area contributed by atoms with Gasteiger partial charge in [-0.25, -0.2) is 4.39 Å². The summed E-state index contributed by atoms with van der Waals surface area (Å²) in [7, 11) is 0. The zero-order valence-electron chi connectivity index (χ0n) is 11.7. The van der Waals surface area contributed by atoms with E-state index in [0.29, 0.717) is 0 Å². The topological polar surface area (TPSA) is 15.3 Å². The van der Waals surface area contributed by atoms with E-state index in [2.05, 4.69) is 10.2 Å². The molecule has 1 saturated carbocycles. The third-order valence-corrected chi connectivity index (χ3v) is 4.60. The molecule has 19 heavy (non-hydrogen) atoms. The van der Waals surface area contributed by atoms with Crippen molar-refractivity contribution in [3.8, 4) is 0 Å². The zero-order chi connectivity index (χ0) is 13.3. The smallest absolute Gasteiger partial charge is 0.146 e. The molecule has 1 aliphatic carbocycles. The van der Waals surface area contributed by atoms with Crippen LogP contribution in [-0.4, -0.2) is 25.2 Å². The summed E-state index contributed by atoms with van der Waals surface area (Å²) >= 11 is 0. The first-order valence-electron chi connectivity index (χ1n) is 7.45. The average molecular weight is 262 g/mol. The highest BCUT2D eigenvalue weighted by atomic mass is 19.1. The van der Waals surface area contributed by atoms with Crippen molar-refractivity contribution in [3.05, 3.63) is 29.6 Å². The molecule has 3 heteroatoms. The van der Waals surface area contributed by atoms with Crippen molar-refractivity contribution in [1.29, 1.82) is 0 Å². The van der Waals surface area contributed by atoms with E-state index in [0.717, 1.165) is 37.3 Å². The number of aryl methyl sites for hydroxylation is 1. The third-order valence-electron chi connectivity index (χ3n) is 4.60. The molecule has 2 fully saturated rings. The second kappa shape index (κ2) is 5.12. The zero-order valence-corrected chi connectivity index (χ0v) is 11.7. The molecule has 1 N–H and O–H groups in total. The van der Waals surface area contributed by atoms with Gasteiger partial charge in [0.2, 0.25) is 0 Å². The van der Waals surface area contributed by atoms with Crippen LogP contribution in [0.1, 0.15) is 37.7 Å². The van der Waals surface area contributed by atoms with Crippen LogP contribution in [0.15, 0.2) is 18.2 Å². The van der Waals surface area contributed by atoms with Crippen molar-refractivity contribution < 1.29 is 4.39 Å². The molecule has 0 amide bonds. The lowest BCUT2D eigenvalue weighted by molar-refractivity contribution is 0.354. The van der Waals surface area contributed by atoms with Crippen LogP contribution < -0.4 is 10.2 Å². The fraction of sp³-hybridized carbons (Fsp3) is 0.625. The monoisotopic (exact) mass is 262 g/mol. The van der Waals surface area contributed by atoms with Gasteiger partial charge in [0.1, 0.15) is 5.82 Å². The van der Waals surface area contributed by atoms with Gasteiger partial charge in [0.15, 0.2) is 0 Å². The van der Waals surface area contributed by atoms with E-state index in [4.69, 9.17) is 0 Å². The predicted octanol–water partition coefficient (Wildman–Crippen LogP) is 3.25. The highest BCUT2D eigenvalue weighted by molar-refractivity contribution is 5.49. The normalized spacial score (nSPS) is 22.7. The lowest BCUT2D eigenvalue weighted by Gasteiger charge is -2.34. The van der Waals surface area contributed by atoms with Crippen LogP contribution in [0.4, 0.5) is 10.1 Å². The van der Waals surface area contributed by atoms with Gasteiger partial charge in [-0.15, -0.1) is 0 Å². The maximum Gasteiger partial charge on any atom is 0.146 e. The molecule has 0 aromatic heterocycles. The largest absolute Gasteiger partial charge is 0.367 e. The number of nitrogens with one attached hydrogen (secondary N) is 1. The molecular weight excluding hydrogens is 239 g/mol. The van der Waals surface area contributed by atoms with E-state index in [1.54, 1.807) is 6.07 Å². The first kappa shape index (κ1) is 12.9. The molecule has 0 unspecified atom stereocenters. The lowest BCUT2D eigenvalue weighted by atomic mass is 9.97.